The highest BCUT2D eigenvalue weighted by Crippen LogP contribution is 2.20. The maximum Gasteiger partial charge on any atom is 0.339 e. The smallest absolute Gasteiger partial charge is 0.339 e. The number of nitrogens with zero attached hydrogens (tertiary/aromatic N) is 4. The Bertz CT molecular complexity index is 958. The van der Waals surface area contributed by atoms with Gasteiger partial charge in [0.2, 0.25) is 6.10 Å². The molecular weight excluding hydrogens is 364 g/mol. The quantitative estimate of drug-likeness (QED) is 0.632. The fraction of sp³-hybridized carbons (Fsp3) is 0.111. The van der Waals surface area contributed by atoms with E-state index in [1.807, 2.05) is 0 Å². The third kappa shape index (κ3) is 4.36. The molecule has 3 amide bonds. The first-order chi connectivity index (χ1) is 13.6. The Morgan fingerprint density at radius 2 is 1.75 bits per heavy atom. The van der Waals surface area contributed by atoms with Crippen molar-refractivity contribution in [3.8, 4) is 5.69 Å². The number of rotatable bonds is 5. The van der Waals surface area contributed by atoms with Crippen LogP contribution in [0.1, 0.15) is 22.0 Å². The lowest BCUT2D eigenvalue weighted by atomic mass is 10.1. The molecule has 0 saturated heterocycles. The summed E-state index contributed by atoms with van der Waals surface area (Å²) in [7, 11) is 1.37. The van der Waals surface area contributed by atoms with Gasteiger partial charge in [-0.25, -0.2) is 14.3 Å². The van der Waals surface area contributed by atoms with E-state index >= 15 is 0 Å². The predicted molar refractivity (Wildman–Crippen MR) is 96.4 cm³/mol. The Hall–Kier alpha value is -4.08. The van der Waals surface area contributed by atoms with Crippen molar-refractivity contribution in [3.05, 3.63) is 72.1 Å². The van der Waals surface area contributed by atoms with Crippen LogP contribution >= 0.6 is 0 Å². The lowest BCUT2D eigenvalue weighted by Crippen LogP contribution is -2.41. The van der Waals surface area contributed by atoms with Crippen LogP contribution in [0.15, 0.2) is 60.9 Å². The van der Waals surface area contributed by atoms with Gasteiger partial charge in [0, 0.05) is 12.6 Å². The summed E-state index contributed by atoms with van der Waals surface area (Å²) in [6, 6.07) is 14.0. The topological polar surface area (TPSA) is 128 Å². The monoisotopic (exact) mass is 380 g/mol. The SMILES string of the molecule is CNC(=O)NC(=O)[C@@H](OC(=O)c1ccc(-n2cnnn2)cc1)c1ccccc1. The Balaban J connectivity index is 1.79. The summed E-state index contributed by atoms with van der Waals surface area (Å²) in [4.78, 5) is 36.4. The molecule has 0 saturated carbocycles. The molecule has 10 nitrogen and oxygen atoms in total. The van der Waals surface area contributed by atoms with Crippen molar-refractivity contribution in [3.63, 3.8) is 0 Å². The van der Waals surface area contributed by atoms with Crippen LogP contribution in [0.5, 0.6) is 0 Å². The molecule has 2 N–H and O–H groups in total. The number of esters is 1. The molecule has 3 aromatic rings. The van der Waals surface area contributed by atoms with E-state index in [0.717, 1.165) is 0 Å². The average molecular weight is 380 g/mol. The van der Waals surface area contributed by atoms with E-state index in [-0.39, 0.29) is 5.56 Å². The Kier molecular flexibility index (Phi) is 5.70. The highest BCUT2D eigenvalue weighted by molar-refractivity contribution is 5.99. The molecule has 0 fully saturated rings. The largest absolute Gasteiger partial charge is 0.444 e. The van der Waals surface area contributed by atoms with Crippen molar-refractivity contribution in [2.24, 2.45) is 0 Å². The number of carbonyl (C=O) groups is 3. The van der Waals surface area contributed by atoms with Crippen LogP contribution in [0.4, 0.5) is 4.79 Å². The molecular formula is C18H16N6O4. The molecule has 1 atom stereocenters. The van der Waals surface area contributed by atoms with Crippen LogP contribution in [0, 0.1) is 0 Å². The van der Waals surface area contributed by atoms with Crippen LogP contribution in [-0.4, -0.2) is 45.2 Å². The summed E-state index contributed by atoms with van der Waals surface area (Å²) in [6.07, 6.45) is 0.132. The van der Waals surface area contributed by atoms with Crippen LogP contribution in [0.2, 0.25) is 0 Å². The second kappa shape index (κ2) is 8.54. The van der Waals surface area contributed by atoms with E-state index in [2.05, 4.69) is 26.2 Å². The molecule has 1 heterocycles. The van der Waals surface area contributed by atoms with Crippen molar-refractivity contribution in [1.29, 1.82) is 0 Å². The molecule has 0 bridgehead atoms. The minimum atomic E-state index is -1.29. The Labute approximate surface area is 159 Å². The molecule has 10 heteroatoms. The number of tetrazole rings is 1. The van der Waals surface area contributed by atoms with E-state index < -0.39 is 24.0 Å². The molecule has 0 unspecified atom stereocenters. The molecule has 28 heavy (non-hydrogen) atoms. The number of nitrogens with one attached hydrogen (secondary N) is 2. The van der Waals surface area contributed by atoms with Crippen LogP contribution in [0.25, 0.3) is 5.69 Å². The van der Waals surface area contributed by atoms with Crippen molar-refractivity contribution < 1.29 is 19.1 Å². The Morgan fingerprint density at radius 1 is 1.04 bits per heavy atom. The van der Waals surface area contributed by atoms with Gasteiger partial charge in [-0.3, -0.25) is 10.1 Å². The minimum absolute atomic E-state index is 0.227. The van der Waals surface area contributed by atoms with Gasteiger partial charge in [0.1, 0.15) is 6.33 Å². The summed E-state index contributed by atoms with van der Waals surface area (Å²) in [5, 5.41) is 15.2. The standard InChI is InChI=1S/C18H16N6O4/c1-19-18(27)21-16(25)15(12-5-3-2-4-6-12)28-17(26)13-7-9-14(10-8-13)24-11-20-22-23-24/h2-11,15H,1H3,(H2,19,21,25,27)/t15-/m0/s1. The molecule has 0 spiro atoms. The highest BCUT2D eigenvalue weighted by Gasteiger charge is 2.26. The van der Waals surface area contributed by atoms with Crippen molar-refractivity contribution in [2.45, 2.75) is 6.10 Å². The van der Waals surface area contributed by atoms with Gasteiger partial charge in [-0.05, 0) is 34.7 Å². The highest BCUT2D eigenvalue weighted by atomic mass is 16.5. The van der Waals surface area contributed by atoms with Gasteiger partial charge in [-0.1, -0.05) is 30.3 Å². The lowest BCUT2D eigenvalue weighted by molar-refractivity contribution is -0.129. The Morgan fingerprint density at radius 3 is 2.36 bits per heavy atom. The zero-order valence-electron chi connectivity index (χ0n) is 14.8. The van der Waals surface area contributed by atoms with E-state index in [9.17, 15) is 14.4 Å². The van der Waals surface area contributed by atoms with Crippen LogP contribution < -0.4 is 10.6 Å². The van der Waals surface area contributed by atoms with E-state index in [1.165, 1.54) is 30.2 Å². The molecule has 1 aromatic heterocycles. The molecule has 0 radical (unpaired) electrons. The number of imide groups is 1. The first-order valence-corrected chi connectivity index (χ1v) is 8.20. The number of hydrogen-bond acceptors (Lipinski definition) is 7. The van der Waals surface area contributed by atoms with E-state index in [4.69, 9.17) is 4.74 Å². The third-order valence-corrected chi connectivity index (χ3v) is 3.75. The maximum absolute atomic E-state index is 12.5. The fourth-order valence-corrected chi connectivity index (χ4v) is 2.35. The van der Waals surface area contributed by atoms with E-state index in [0.29, 0.717) is 11.3 Å². The number of amides is 3. The number of aromatic nitrogens is 4. The summed E-state index contributed by atoms with van der Waals surface area (Å²) < 4.78 is 6.81. The van der Waals surface area contributed by atoms with Gasteiger partial charge in [-0.2, -0.15) is 0 Å². The molecule has 2 aromatic carbocycles. The first-order valence-electron chi connectivity index (χ1n) is 8.20. The van der Waals surface area contributed by atoms with Crippen molar-refractivity contribution in [1.82, 2.24) is 30.8 Å². The van der Waals surface area contributed by atoms with Crippen molar-refractivity contribution in [2.75, 3.05) is 7.05 Å². The average Bonchev–Trinajstić information content (AvgIpc) is 3.27. The van der Waals surface area contributed by atoms with Gasteiger partial charge in [0.25, 0.3) is 5.91 Å². The minimum Gasteiger partial charge on any atom is -0.444 e. The summed E-state index contributed by atoms with van der Waals surface area (Å²) in [6.45, 7) is 0. The summed E-state index contributed by atoms with van der Waals surface area (Å²) >= 11 is 0. The van der Waals surface area contributed by atoms with Gasteiger partial charge in [0.15, 0.2) is 0 Å². The number of carbonyl (C=O) groups excluding carboxylic acids is 3. The zero-order valence-corrected chi connectivity index (χ0v) is 14.8. The van der Waals surface area contributed by atoms with Gasteiger partial charge in [-0.15, -0.1) is 5.10 Å². The molecule has 0 aliphatic carbocycles. The number of benzene rings is 2. The molecule has 3 rings (SSSR count). The van der Waals surface area contributed by atoms with Crippen molar-refractivity contribution >= 4 is 17.9 Å². The van der Waals surface area contributed by atoms with Gasteiger partial charge in [0.05, 0.1) is 11.3 Å². The number of ether oxygens (including phenoxy) is 1. The maximum atomic E-state index is 12.5. The zero-order chi connectivity index (χ0) is 19.9. The van der Waals surface area contributed by atoms with E-state index in [1.54, 1.807) is 42.5 Å². The summed E-state index contributed by atoms with van der Waals surface area (Å²) in [5.74, 6) is -1.48. The predicted octanol–water partition coefficient (Wildman–Crippen LogP) is 1.02. The van der Waals surface area contributed by atoms with Crippen LogP contribution in [-0.2, 0) is 9.53 Å². The molecule has 0 aliphatic rings. The van der Waals surface area contributed by atoms with Gasteiger partial charge < -0.3 is 10.1 Å². The molecule has 142 valence electrons. The van der Waals surface area contributed by atoms with Gasteiger partial charge >= 0.3 is 12.0 Å². The molecule has 0 aliphatic heterocycles. The number of urea groups is 1. The van der Waals surface area contributed by atoms with Crippen LogP contribution in [0.3, 0.4) is 0 Å². The lowest BCUT2D eigenvalue weighted by Gasteiger charge is -2.17. The number of hydrogen-bond donors (Lipinski definition) is 2. The second-order valence-electron chi connectivity index (χ2n) is 5.57. The fourth-order valence-electron chi connectivity index (χ4n) is 2.35. The summed E-state index contributed by atoms with van der Waals surface area (Å²) in [5.41, 5.74) is 1.31. The third-order valence-electron chi connectivity index (χ3n) is 3.75. The second-order valence-corrected chi connectivity index (χ2v) is 5.57. The normalized spacial score (nSPS) is 11.3. The first kappa shape index (κ1) is 18.7.